The highest BCUT2D eigenvalue weighted by Crippen LogP contribution is 2.37. The fraction of sp³-hybridized carbons (Fsp3) is 0.444. The summed E-state index contributed by atoms with van der Waals surface area (Å²) >= 11 is 0. The summed E-state index contributed by atoms with van der Waals surface area (Å²) in [4.78, 5) is 30.6. The van der Waals surface area contributed by atoms with E-state index < -0.39 is 5.92 Å². The number of rotatable bonds is 3. The lowest BCUT2D eigenvalue weighted by molar-refractivity contribution is -0.128. The molecule has 1 aliphatic rings. The van der Waals surface area contributed by atoms with E-state index in [1.54, 1.807) is 36.5 Å². The van der Waals surface area contributed by atoms with Gasteiger partial charge in [0.2, 0.25) is 11.8 Å². The predicted octanol–water partition coefficient (Wildman–Crippen LogP) is 2.53. The van der Waals surface area contributed by atoms with Gasteiger partial charge in [0.1, 0.15) is 5.76 Å². The zero-order valence-electron chi connectivity index (χ0n) is 14.8. The number of aromatic nitrogens is 2. The molecule has 3 heterocycles. The van der Waals surface area contributed by atoms with Crippen LogP contribution < -0.4 is 5.32 Å². The highest BCUT2D eigenvalue weighted by atomic mass is 16.5. The van der Waals surface area contributed by atoms with Gasteiger partial charge >= 0.3 is 0 Å². The largest absolute Gasteiger partial charge is 0.359 e. The quantitative estimate of drug-likeness (QED) is 0.926. The van der Waals surface area contributed by atoms with Gasteiger partial charge in [-0.05, 0) is 11.6 Å². The van der Waals surface area contributed by atoms with Gasteiger partial charge in [0.05, 0.1) is 12.0 Å². The van der Waals surface area contributed by atoms with Crippen LogP contribution in [0.15, 0.2) is 35.1 Å². The molecule has 0 unspecified atom stereocenters. The summed E-state index contributed by atoms with van der Waals surface area (Å²) in [6, 6.07) is 5.06. The molecule has 132 valence electrons. The third kappa shape index (κ3) is 3.40. The molecule has 0 spiro atoms. The third-order valence-corrected chi connectivity index (χ3v) is 4.45. The van der Waals surface area contributed by atoms with Gasteiger partial charge in [-0.15, -0.1) is 0 Å². The highest BCUT2D eigenvalue weighted by Gasteiger charge is 2.43. The van der Waals surface area contributed by atoms with E-state index in [2.05, 4.69) is 15.5 Å². The zero-order chi connectivity index (χ0) is 18.2. The van der Waals surface area contributed by atoms with Crippen molar-refractivity contribution in [1.82, 2.24) is 15.0 Å². The van der Waals surface area contributed by atoms with E-state index in [4.69, 9.17) is 4.52 Å². The molecule has 2 atom stereocenters. The number of nitrogens with zero attached hydrogens (tertiary/aromatic N) is 3. The highest BCUT2D eigenvalue weighted by molar-refractivity contribution is 5.97. The minimum Gasteiger partial charge on any atom is -0.359 e. The van der Waals surface area contributed by atoms with E-state index in [0.29, 0.717) is 11.6 Å². The van der Waals surface area contributed by atoms with Crippen LogP contribution in [0, 0.1) is 5.92 Å². The van der Waals surface area contributed by atoms with Crippen LogP contribution in [-0.2, 0) is 15.0 Å². The first-order valence-electron chi connectivity index (χ1n) is 8.21. The van der Waals surface area contributed by atoms with Crippen molar-refractivity contribution in [3.05, 3.63) is 41.9 Å². The molecule has 0 radical (unpaired) electrons. The normalized spacial score (nSPS) is 20.8. The van der Waals surface area contributed by atoms with Crippen molar-refractivity contribution < 1.29 is 14.1 Å². The van der Waals surface area contributed by atoms with Gasteiger partial charge in [-0.1, -0.05) is 32.0 Å². The van der Waals surface area contributed by atoms with Crippen molar-refractivity contribution in [2.45, 2.75) is 38.6 Å². The van der Waals surface area contributed by atoms with E-state index in [0.717, 1.165) is 5.56 Å². The lowest BCUT2D eigenvalue weighted by Crippen LogP contribution is -2.30. The van der Waals surface area contributed by atoms with Gasteiger partial charge in [0.25, 0.3) is 0 Å². The van der Waals surface area contributed by atoms with Crippen molar-refractivity contribution >= 4 is 17.6 Å². The van der Waals surface area contributed by atoms with Crippen molar-refractivity contribution in [3.63, 3.8) is 0 Å². The number of hydrogen-bond donors (Lipinski definition) is 1. The minimum atomic E-state index is -0.503. The molecule has 0 bridgehead atoms. The minimum absolute atomic E-state index is 0.0652. The van der Waals surface area contributed by atoms with Crippen LogP contribution >= 0.6 is 0 Å². The van der Waals surface area contributed by atoms with Crippen LogP contribution in [0.1, 0.15) is 44.6 Å². The smallest absolute Gasteiger partial charge is 0.231 e. The Morgan fingerprint density at radius 3 is 2.76 bits per heavy atom. The topological polar surface area (TPSA) is 88.3 Å². The Kier molecular flexibility index (Phi) is 4.32. The number of likely N-dealkylation sites (tertiary alicyclic amines) is 1. The number of hydrogen-bond acceptors (Lipinski definition) is 5. The first kappa shape index (κ1) is 17.1. The van der Waals surface area contributed by atoms with Crippen LogP contribution in [-0.4, -0.2) is 33.9 Å². The predicted molar refractivity (Wildman–Crippen MR) is 91.7 cm³/mol. The van der Waals surface area contributed by atoms with Crippen molar-refractivity contribution in [1.29, 1.82) is 0 Å². The molecular weight excluding hydrogens is 320 g/mol. The van der Waals surface area contributed by atoms with E-state index in [1.165, 1.54) is 0 Å². The Labute approximate surface area is 146 Å². The summed E-state index contributed by atoms with van der Waals surface area (Å²) in [5, 5.41) is 6.69. The molecule has 1 aliphatic heterocycles. The second-order valence-electron chi connectivity index (χ2n) is 7.36. The number of nitrogens with one attached hydrogen (secondary N) is 1. The van der Waals surface area contributed by atoms with Gasteiger partial charge < -0.3 is 14.7 Å². The molecule has 1 N–H and O–H groups in total. The Balaban J connectivity index is 1.80. The Hall–Kier alpha value is -2.70. The average molecular weight is 342 g/mol. The van der Waals surface area contributed by atoms with E-state index in [1.807, 2.05) is 26.8 Å². The Morgan fingerprint density at radius 2 is 2.16 bits per heavy atom. The number of carbonyl (C=O) groups is 2. The van der Waals surface area contributed by atoms with Crippen molar-refractivity contribution in [3.8, 4) is 0 Å². The molecule has 0 saturated carbocycles. The first-order valence-corrected chi connectivity index (χ1v) is 8.21. The van der Waals surface area contributed by atoms with Crippen molar-refractivity contribution in [2.24, 2.45) is 5.92 Å². The summed E-state index contributed by atoms with van der Waals surface area (Å²) in [7, 11) is 1.71. The second-order valence-corrected chi connectivity index (χ2v) is 7.36. The molecule has 0 aliphatic carbocycles. The third-order valence-electron chi connectivity index (χ3n) is 4.45. The fourth-order valence-corrected chi connectivity index (χ4v) is 3.02. The summed E-state index contributed by atoms with van der Waals surface area (Å²) in [6.07, 6.45) is 3.51. The van der Waals surface area contributed by atoms with Gasteiger partial charge in [-0.3, -0.25) is 14.6 Å². The maximum Gasteiger partial charge on any atom is 0.231 e. The number of pyridine rings is 1. The molecule has 7 nitrogen and oxygen atoms in total. The molecule has 25 heavy (non-hydrogen) atoms. The van der Waals surface area contributed by atoms with Crippen LogP contribution in [0.4, 0.5) is 5.82 Å². The van der Waals surface area contributed by atoms with E-state index in [9.17, 15) is 9.59 Å². The maximum atomic E-state index is 12.8. The number of carbonyl (C=O) groups excluding carboxylic acids is 2. The fourth-order valence-electron chi connectivity index (χ4n) is 3.02. The van der Waals surface area contributed by atoms with Gasteiger partial charge in [-0.25, -0.2) is 0 Å². The lowest BCUT2D eigenvalue weighted by atomic mass is 9.93. The van der Waals surface area contributed by atoms with Gasteiger partial charge in [-0.2, -0.15) is 0 Å². The summed E-state index contributed by atoms with van der Waals surface area (Å²) in [5.41, 5.74) is 0.643. The SMILES string of the molecule is CN1C(=O)C[C@@H](C(=O)Nc2cc(C(C)(C)C)on2)[C@H]1c1cccnc1. The van der Waals surface area contributed by atoms with Crippen LogP contribution in [0.25, 0.3) is 0 Å². The van der Waals surface area contributed by atoms with Gasteiger partial charge in [0.15, 0.2) is 5.82 Å². The molecule has 2 aromatic heterocycles. The Bertz CT molecular complexity index is 779. The molecule has 2 amide bonds. The Morgan fingerprint density at radius 1 is 1.40 bits per heavy atom. The molecule has 1 saturated heterocycles. The molecule has 0 aromatic carbocycles. The zero-order valence-corrected chi connectivity index (χ0v) is 14.8. The molecule has 7 heteroatoms. The second kappa shape index (κ2) is 6.31. The maximum absolute atomic E-state index is 12.8. The summed E-state index contributed by atoms with van der Waals surface area (Å²) in [5.74, 6) is 0.231. The molecule has 3 rings (SSSR count). The first-order chi connectivity index (χ1) is 11.8. The number of amides is 2. The average Bonchev–Trinajstić information content (AvgIpc) is 3.14. The van der Waals surface area contributed by atoms with Crippen LogP contribution in [0.5, 0.6) is 0 Å². The lowest BCUT2D eigenvalue weighted by Gasteiger charge is -2.24. The van der Waals surface area contributed by atoms with Crippen LogP contribution in [0.2, 0.25) is 0 Å². The van der Waals surface area contributed by atoms with E-state index >= 15 is 0 Å². The monoisotopic (exact) mass is 342 g/mol. The van der Waals surface area contributed by atoms with Crippen LogP contribution in [0.3, 0.4) is 0 Å². The van der Waals surface area contributed by atoms with E-state index in [-0.39, 0.29) is 29.7 Å². The molecule has 2 aromatic rings. The summed E-state index contributed by atoms with van der Waals surface area (Å²) in [6.45, 7) is 6.01. The molecular formula is C18H22N4O3. The van der Waals surface area contributed by atoms with Crippen molar-refractivity contribution in [2.75, 3.05) is 12.4 Å². The standard InChI is InChI=1S/C18H22N4O3/c1-18(2,3)13-9-14(21-25-13)20-17(24)12-8-15(23)22(4)16(12)11-6-5-7-19-10-11/h5-7,9-10,12,16H,8H2,1-4H3,(H,20,21,24)/t12-,16-/m1/s1. The summed E-state index contributed by atoms with van der Waals surface area (Å²) < 4.78 is 5.29. The number of anilines is 1. The molecule has 1 fully saturated rings. The van der Waals surface area contributed by atoms with Gasteiger partial charge in [0, 0.05) is 37.3 Å².